The highest BCUT2D eigenvalue weighted by atomic mass is 16.5. The van der Waals surface area contributed by atoms with Crippen molar-refractivity contribution in [2.75, 3.05) is 23.9 Å². The van der Waals surface area contributed by atoms with E-state index in [1.54, 1.807) is 29.2 Å². The van der Waals surface area contributed by atoms with Crippen molar-refractivity contribution >= 4 is 29.2 Å². The molecule has 0 unspecified atom stereocenters. The first-order chi connectivity index (χ1) is 13.5. The summed E-state index contributed by atoms with van der Waals surface area (Å²) < 4.78 is 4.67. The van der Waals surface area contributed by atoms with Crippen LogP contribution in [0, 0.1) is 5.41 Å². The number of aryl methyl sites for hydroxylation is 1. The van der Waals surface area contributed by atoms with Crippen LogP contribution in [0.15, 0.2) is 48.5 Å². The average Bonchev–Trinajstić information content (AvgIpc) is 3.55. The Balaban J connectivity index is 1.50. The topological polar surface area (TPSA) is 75.7 Å². The highest BCUT2D eigenvalue weighted by Crippen LogP contribution is 2.49. The van der Waals surface area contributed by atoms with Crippen LogP contribution in [0.2, 0.25) is 0 Å². The van der Waals surface area contributed by atoms with Gasteiger partial charge in [-0.2, -0.15) is 0 Å². The Kier molecular flexibility index (Phi) is 4.63. The standard InChI is InChI=1S/C22H22N2O4/c1-28-19(25)16-8-10-17(11-9-16)23-20(26)22(12-13-22)21(27)24-14-4-6-15-5-2-3-7-18(15)24/h2-3,5,7-11H,4,6,12-14H2,1H3,(H,23,26). The van der Waals surface area contributed by atoms with Crippen LogP contribution in [-0.4, -0.2) is 31.4 Å². The highest BCUT2D eigenvalue weighted by molar-refractivity contribution is 6.18. The molecule has 1 aliphatic heterocycles. The Morgan fingerprint density at radius 2 is 1.75 bits per heavy atom. The number of amides is 2. The number of carbonyl (C=O) groups is 3. The molecule has 6 heteroatoms. The summed E-state index contributed by atoms with van der Waals surface area (Å²) in [6, 6.07) is 14.3. The highest BCUT2D eigenvalue weighted by Gasteiger charge is 2.58. The summed E-state index contributed by atoms with van der Waals surface area (Å²) in [4.78, 5) is 39.5. The number of fused-ring (bicyclic) bond motifs is 1. The third-order valence-electron chi connectivity index (χ3n) is 5.51. The summed E-state index contributed by atoms with van der Waals surface area (Å²) in [5.41, 5.74) is 2.03. The zero-order chi connectivity index (χ0) is 19.7. The SMILES string of the molecule is COC(=O)c1ccc(NC(=O)C2(C(=O)N3CCCc4ccccc43)CC2)cc1. The molecule has 6 nitrogen and oxygen atoms in total. The molecule has 1 heterocycles. The number of methoxy groups -OCH3 is 1. The molecule has 0 spiro atoms. The van der Waals surface area contributed by atoms with Gasteiger partial charge in [0.2, 0.25) is 11.8 Å². The molecule has 144 valence electrons. The summed E-state index contributed by atoms with van der Waals surface area (Å²) in [5.74, 6) is -0.842. The number of benzene rings is 2. The van der Waals surface area contributed by atoms with Crippen LogP contribution < -0.4 is 10.2 Å². The van der Waals surface area contributed by atoms with Gasteiger partial charge in [-0.15, -0.1) is 0 Å². The van der Waals surface area contributed by atoms with E-state index in [0.29, 0.717) is 30.6 Å². The first kappa shape index (κ1) is 18.2. The summed E-state index contributed by atoms with van der Waals surface area (Å²) in [6.45, 7) is 0.638. The predicted octanol–water partition coefficient (Wildman–Crippen LogP) is 3.17. The second-order valence-corrected chi connectivity index (χ2v) is 7.29. The first-order valence-electron chi connectivity index (χ1n) is 9.45. The van der Waals surface area contributed by atoms with E-state index in [0.717, 1.165) is 24.1 Å². The normalized spacial score (nSPS) is 16.7. The van der Waals surface area contributed by atoms with Gasteiger partial charge in [-0.25, -0.2) is 4.79 Å². The third kappa shape index (κ3) is 3.15. The van der Waals surface area contributed by atoms with Crippen molar-refractivity contribution in [2.45, 2.75) is 25.7 Å². The quantitative estimate of drug-likeness (QED) is 0.655. The van der Waals surface area contributed by atoms with Crippen molar-refractivity contribution < 1.29 is 19.1 Å². The van der Waals surface area contributed by atoms with Crippen LogP contribution in [-0.2, 0) is 20.7 Å². The fourth-order valence-electron chi connectivity index (χ4n) is 3.72. The molecule has 1 fully saturated rings. The molecule has 2 aromatic rings. The maximum Gasteiger partial charge on any atom is 0.337 e. The molecule has 1 saturated carbocycles. The second kappa shape index (κ2) is 7.11. The minimum Gasteiger partial charge on any atom is -0.465 e. The molecule has 2 aliphatic rings. The number of para-hydroxylation sites is 1. The molecular weight excluding hydrogens is 356 g/mol. The van der Waals surface area contributed by atoms with E-state index in [4.69, 9.17) is 0 Å². The van der Waals surface area contributed by atoms with Gasteiger partial charge in [0.05, 0.1) is 12.7 Å². The van der Waals surface area contributed by atoms with Crippen molar-refractivity contribution in [3.05, 3.63) is 59.7 Å². The Hall–Kier alpha value is -3.15. The van der Waals surface area contributed by atoms with Crippen molar-refractivity contribution in [1.82, 2.24) is 0 Å². The summed E-state index contributed by atoms with van der Waals surface area (Å²) in [7, 11) is 1.32. The van der Waals surface area contributed by atoms with E-state index in [1.807, 2.05) is 24.3 Å². The van der Waals surface area contributed by atoms with Gasteiger partial charge in [0.1, 0.15) is 5.41 Å². The number of anilines is 2. The smallest absolute Gasteiger partial charge is 0.337 e. The van der Waals surface area contributed by atoms with E-state index in [2.05, 4.69) is 10.1 Å². The van der Waals surface area contributed by atoms with E-state index in [9.17, 15) is 14.4 Å². The Bertz CT molecular complexity index is 932. The number of ether oxygens (including phenoxy) is 1. The molecule has 1 N–H and O–H groups in total. The number of esters is 1. The molecule has 0 saturated heterocycles. The van der Waals surface area contributed by atoms with Crippen molar-refractivity contribution in [3.8, 4) is 0 Å². The maximum absolute atomic E-state index is 13.3. The van der Waals surface area contributed by atoms with Crippen molar-refractivity contribution in [1.29, 1.82) is 0 Å². The number of hydrogen-bond donors (Lipinski definition) is 1. The van der Waals surface area contributed by atoms with Crippen LogP contribution in [0.3, 0.4) is 0 Å². The van der Waals surface area contributed by atoms with Gasteiger partial charge in [0.25, 0.3) is 0 Å². The van der Waals surface area contributed by atoms with E-state index >= 15 is 0 Å². The van der Waals surface area contributed by atoms with E-state index in [-0.39, 0.29) is 11.8 Å². The zero-order valence-corrected chi connectivity index (χ0v) is 15.7. The Labute approximate surface area is 163 Å². The van der Waals surface area contributed by atoms with Gasteiger partial charge in [-0.1, -0.05) is 18.2 Å². The average molecular weight is 378 g/mol. The lowest BCUT2D eigenvalue weighted by molar-refractivity contribution is -0.132. The van der Waals surface area contributed by atoms with Gasteiger partial charge >= 0.3 is 5.97 Å². The minimum absolute atomic E-state index is 0.122. The van der Waals surface area contributed by atoms with Crippen LogP contribution in [0.1, 0.15) is 35.2 Å². The number of hydrogen-bond acceptors (Lipinski definition) is 4. The monoisotopic (exact) mass is 378 g/mol. The Morgan fingerprint density at radius 3 is 2.43 bits per heavy atom. The molecular formula is C22H22N2O4. The van der Waals surface area contributed by atoms with Crippen molar-refractivity contribution in [2.24, 2.45) is 5.41 Å². The molecule has 28 heavy (non-hydrogen) atoms. The Morgan fingerprint density at radius 1 is 1.04 bits per heavy atom. The minimum atomic E-state index is -0.995. The van der Waals surface area contributed by atoms with Crippen LogP contribution in [0.25, 0.3) is 0 Å². The van der Waals surface area contributed by atoms with Crippen molar-refractivity contribution in [3.63, 3.8) is 0 Å². The molecule has 4 rings (SSSR count). The number of rotatable bonds is 4. The van der Waals surface area contributed by atoms with Crippen LogP contribution in [0.4, 0.5) is 11.4 Å². The summed E-state index contributed by atoms with van der Waals surface area (Å²) in [5, 5.41) is 2.83. The molecule has 0 radical (unpaired) electrons. The second-order valence-electron chi connectivity index (χ2n) is 7.29. The van der Waals surface area contributed by atoms with Gasteiger partial charge < -0.3 is 15.0 Å². The van der Waals surface area contributed by atoms with Gasteiger partial charge in [0.15, 0.2) is 0 Å². The largest absolute Gasteiger partial charge is 0.465 e. The molecule has 1 aliphatic carbocycles. The lowest BCUT2D eigenvalue weighted by Crippen LogP contribution is -2.45. The molecule has 0 bridgehead atoms. The summed E-state index contributed by atoms with van der Waals surface area (Å²) in [6.07, 6.45) is 2.95. The van der Waals surface area contributed by atoms with Gasteiger partial charge in [-0.05, 0) is 61.6 Å². The number of carbonyl (C=O) groups excluding carboxylic acids is 3. The first-order valence-corrected chi connectivity index (χ1v) is 9.45. The van der Waals surface area contributed by atoms with Crippen LogP contribution in [0.5, 0.6) is 0 Å². The molecule has 2 amide bonds. The number of nitrogens with one attached hydrogen (secondary N) is 1. The molecule has 2 aromatic carbocycles. The fraction of sp³-hybridized carbons (Fsp3) is 0.318. The third-order valence-corrected chi connectivity index (χ3v) is 5.51. The van der Waals surface area contributed by atoms with E-state index < -0.39 is 11.4 Å². The molecule has 0 atom stereocenters. The maximum atomic E-state index is 13.3. The van der Waals surface area contributed by atoms with Gasteiger partial charge in [0, 0.05) is 17.9 Å². The number of nitrogens with zero attached hydrogens (tertiary/aromatic N) is 1. The van der Waals surface area contributed by atoms with E-state index in [1.165, 1.54) is 7.11 Å². The summed E-state index contributed by atoms with van der Waals surface area (Å²) >= 11 is 0. The lowest BCUT2D eigenvalue weighted by Gasteiger charge is -2.32. The fourth-order valence-corrected chi connectivity index (χ4v) is 3.72. The van der Waals surface area contributed by atoms with Gasteiger partial charge in [-0.3, -0.25) is 9.59 Å². The molecule has 0 aromatic heterocycles. The van der Waals surface area contributed by atoms with Crippen LogP contribution >= 0.6 is 0 Å². The zero-order valence-electron chi connectivity index (χ0n) is 15.7. The predicted molar refractivity (Wildman–Crippen MR) is 105 cm³/mol. The lowest BCUT2D eigenvalue weighted by atomic mass is 9.97.